The summed E-state index contributed by atoms with van der Waals surface area (Å²) in [4.78, 5) is 0. The van der Waals surface area contributed by atoms with Crippen LogP contribution >= 0.6 is 0 Å². The van der Waals surface area contributed by atoms with Gasteiger partial charge in [-0.05, 0) is 32.4 Å². The molecule has 0 spiro atoms. The summed E-state index contributed by atoms with van der Waals surface area (Å²) in [6.07, 6.45) is 2.65. The van der Waals surface area contributed by atoms with E-state index in [0.717, 1.165) is 12.3 Å². The van der Waals surface area contributed by atoms with Crippen molar-refractivity contribution in [1.82, 2.24) is 5.32 Å². The molecule has 2 atom stereocenters. The SMILES string of the molecule is CCCC(C)NCC(C)Oc1ccccc1. The van der Waals surface area contributed by atoms with Crippen LogP contribution in [-0.2, 0) is 0 Å². The van der Waals surface area contributed by atoms with E-state index in [0.29, 0.717) is 6.04 Å². The Hall–Kier alpha value is -1.02. The predicted molar refractivity (Wildman–Crippen MR) is 68.9 cm³/mol. The van der Waals surface area contributed by atoms with Crippen molar-refractivity contribution in [3.63, 3.8) is 0 Å². The van der Waals surface area contributed by atoms with Gasteiger partial charge in [0.2, 0.25) is 0 Å². The molecule has 0 aliphatic carbocycles. The summed E-state index contributed by atoms with van der Waals surface area (Å²) in [5.41, 5.74) is 0. The largest absolute Gasteiger partial charge is 0.489 e. The van der Waals surface area contributed by atoms with Crippen LogP contribution in [0.15, 0.2) is 30.3 Å². The maximum atomic E-state index is 5.78. The van der Waals surface area contributed by atoms with E-state index in [9.17, 15) is 0 Å². The van der Waals surface area contributed by atoms with Gasteiger partial charge in [0.1, 0.15) is 11.9 Å². The van der Waals surface area contributed by atoms with E-state index in [1.807, 2.05) is 30.3 Å². The average molecular weight is 221 g/mol. The average Bonchev–Trinajstić information content (AvgIpc) is 2.28. The van der Waals surface area contributed by atoms with Gasteiger partial charge in [-0.2, -0.15) is 0 Å². The Morgan fingerprint density at radius 2 is 1.88 bits per heavy atom. The minimum atomic E-state index is 0.210. The lowest BCUT2D eigenvalue weighted by molar-refractivity contribution is 0.211. The van der Waals surface area contributed by atoms with Gasteiger partial charge in [0, 0.05) is 12.6 Å². The van der Waals surface area contributed by atoms with Crippen molar-refractivity contribution >= 4 is 0 Å². The van der Waals surface area contributed by atoms with E-state index in [-0.39, 0.29) is 6.10 Å². The van der Waals surface area contributed by atoms with Crippen molar-refractivity contribution in [1.29, 1.82) is 0 Å². The molecule has 0 radical (unpaired) electrons. The lowest BCUT2D eigenvalue weighted by Crippen LogP contribution is -2.34. The van der Waals surface area contributed by atoms with Crippen LogP contribution in [0.2, 0.25) is 0 Å². The first kappa shape index (κ1) is 13.0. The van der Waals surface area contributed by atoms with E-state index >= 15 is 0 Å². The molecular formula is C14H23NO. The first-order valence-electron chi connectivity index (χ1n) is 6.17. The minimum absolute atomic E-state index is 0.210. The summed E-state index contributed by atoms with van der Waals surface area (Å²) in [6, 6.07) is 10.5. The highest BCUT2D eigenvalue weighted by atomic mass is 16.5. The summed E-state index contributed by atoms with van der Waals surface area (Å²) < 4.78 is 5.78. The molecule has 2 nitrogen and oxygen atoms in total. The zero-order valence-electron chi connectivity index (χ0n) is 10.6. The van der Waals surface area contributed by atoms with E-state index in [1.165, 1.54) is 12.8 Å². The van der Waals surface area contributed by atoms with Gasteiger partial charge >= 0.3 is 0 Å². The monoisotopic (exact) mass is 221 g/mol. The van der Waals surface area contributed by atoms with Gasteiger partial charge in [-0.1, -0.05) is 31.5 Å². The molecule has 90 valence electrons. The van der Waals surface area contributed by atoms with Crippen LogP contribution in [0.1, 0.15) is 33.6 Å². The number of para-hydroxylation sites is 1. The molecule has 2 unspecified atom stereocenters. The third-order valence-corrected chi connectivity index (χ3v) is 2.56. The van der Waals surface area contributed by atoms with Crippen molar-refractivity contribution < 1.29 is 4.74 Å². The first-order valence-corrected chi connectivity index (χ1v) is 6.17. The molecule has 0 aromatic heterocycles. The Morgan fingerprint density at radius 3 is 2.50 bits per heavy atom. The lowest BCUT2D eigenvalue weighted by Gasteiger charge is -2.18. The van der Waals surface area contributed by atoms with Gasteiger partial charge in [0.05, 0.1) is 0 Å². The molecule has 2 heteroatoms. The molecule has 0 fully saturated rings. The highest BCUT2D eigenvalue weighted by Gasteiger charge is 2.05. The van der Waals surface area contributed by atoms with Crippen LogP contribution in [0.25, 0.3) is 0 Å². The second kappa shape index (κ2) is 7.29. The molecule has 1 aromatic carbocycles. The Labute approximate surface area is 99.0 Å². The smallest absolute Gasteiger partial charge is 0.119 e. The lowest BCUT2D eigenvalue weighted by atomic mass is 10.2. The highest BCUT2D eigenvalue weighted by molar-refractivity contribution is 5.21. The summed E-state index contributed by atoms with van der Waals surface area (Å²) in [5, 5.41) is 3.48. The zero-order valence-corrected chi connectivity index (χ0v) is 10.6. The number of hydrogen-bond acceptors (Lipinski definition) is 2. The van der Waals surface area contributed by atoms with Gasteiger partial charge in [0.25, 0.3) is 0 Å². The molecule has 1 aromatic rings. The summed E-state index contributed by atoms with van der Waals surface area (Å²) in [7, 11) is 0. The normalized spacial score (nSPS) is 14.4. The van der Waals surface area contributed by atoms with Crippen molar-refractivity contribution in [2.75, 3.05) is 6.54 Å². The van der Waals surface area contributed by atoms with Gasteiger partial charge < -0.3 is 10.1 Å². The van der Waals surface area contributed by atoms with Crippen LogP contribution < -0.4 is 10.1 Å². The number of ether oxygens (including phenoxy) is 1. The fourth-order valence-electron chi connectivity index (χ4n) is 1.68. The number of nitrogens with one attached hydrogen (secondary N) is 1. The molecule has 0 bridgehead atoms. The molecular weight excluding hydrogens is 198 g/mol. The van der Waals surface area contributed by atoms with Crippen LogP contribution in [0.5, 0.6) is 5.75 Å². The quantitative estimate of drug-likeness (QED) is 0.763. The Bertz CT molecular complexity index is 273. The van der Waals surface area contributed by atoms with Gasteiger partial charge in [-0.25, -0.2) is 0 Å². The van der Waals surface area contributed by atoms with E-state index < -0.39 is 0 Å². The second-order valence-electron chi connectivity index (χ2n) is 4.34. The Balaban J connectivity index is 2.23. The fourth-order valence-corrected chi connectivity index (χ4v) is 1.68. The maximum Gasteiger partial charge on any atom is 0.119 e. The maximum absolute atomic E-state index is 5.78. The first-order chi connectivity index (χ1) is 7.72. The van der Waals surface area contributed by atoms with Crippen LogP contribution in [-0.4, -0.2) is 18.7 Å². The molecule has 0 amide bonds. The summed E-state index contributed by atoms with van der Waals surface area (Å²) in [6.45, 7) is 7.43. The molecule has 1 rings (SSSR count). The second-order valence-corrected chi connectivity index (χ2v) is 4.34. The number of rotatable bonds is 7. The van der Waals surface area contributed by atoms with Gasteiger partial charge in [-0.3, -0.25) is 0 Å². The van der Waals surface area contributed by atoms with Gasteiger partial charge in [0.15, 0.2) is 0 Å². The molecule has 1 N–H and O–H groups in total. The fraction of sp³-hybridized carbons (Fsp3) is 0.571. The van der Waals surface area contributed by atoms with Crippen LogP contribution in [0.3, 0.4) is 0 Å². The highest BCUT2D eigenvalue weighted by Crippen LogP contribution is 2.10. The Morgan fingerprint density at radius 1 is 1.19 bits per heavy atom. The van der Waals surface area contributed by atoms with Crippen molar-refractivity contribution in [3.8, 4) is 5.75 Å². The molecule has 16 heavy (non-hydrogen) atoms. The van der Waals surface area contributed by atoms with E-state index in [1.54, 1.807) is 0 Å². The van der Waals surface area contributed by atoms with Crippen LogP contribution in [0.4, 0.5) is 0 Å². The van der Waals surface area contributed by atoms with Crippen LogP contribution in [0, 0.1) is 0 Å². The molecule has 0 heterocycles. The number of benzene rings is 1. The van der Waals surface area contributed by atoms with E-state index in [4.69, 9.17) is 4.74 Å². The Kier molecular flexibility index (Phi) is 5.94. The molecule has 0 saturated carbocycles. The van der Waals surface area contributed by atoms with Gasteiger partial charge in [-0.15, -0.1) is 0 Å². The van der Waals surface area contributed by atoms with Crippen molar-refractivity contribution in [3.05, 3.63) is 30.3 Å². The van der Waals surface area contributed by atoms with Crippen molar-refractivity contribution in [2.45, 2.75) is 45.8 Å². The minimum Gasteiger partial charge on any atom is -0.489 e. The number of hydrogen-bond donors (Lipinski definition) is 1. The predicted octanol–water partition coefficient (Wildman–Crippen LogP) is 3.23. The zero-order chi connectivity index (χ0) is 11.8. The summed E-state index contributed by atoms with van der Waals surface area (Å²) in [5.74, 6) is 0.944. The summed E-state index contributed by atoms with van der Waals surface area (Å²) >= 11 is 0. The van der Waals surface area contributed by atoms with Crippen molar-refractivity contribution in [2.24, 2.45) is 0 Å². The third-order valence-electron chi connectivity index (χ3n) is 2.56. The molecule has 0 aliphatic heterocycles. The molecule has 0 saturated heterocycles. The van der Waals surface area contributed by atoms with E-state index in [2.05, 4.69) is 26.1 Å². The topological polar surface area (TPSA) is 21.3 Å². The standard InChI is InChI=1S/C14H23NO/c1-4-8-12(2)15-11-13(3)16-14-9-6-5-7-10-14/h5-7,9-10,12-13,15H,4,8,11H2,1-3H3. The molecule has 0 aliphatic rings. The third kappa shape index (κ3) is 5.17.